The number of carbonyl (C=O) groups is 2. The second-order valence-corrected chi connectivity index (χ2v) is 7.20. The summed E-state index contributed by atoms with van der Waals surface area (Å²) in [5.74, 6) is 0.0586. The van der Waals surface area contributed by atoms with Gasteiger partial charge in [0.05, 0.1) is 10.6 Å². The van der Waals surface area contributed by atoms with Crippen molar-refractivity contribution in [2.75, 3.05) is 11.9 Å². The minimum Gasteiger partial charge on any atom is -0.366 e. The van der Waals surface area contributed by atoms with E-state index in [-0.39, 0.29) is 16.6 Å². The van der Waals surface area contributed by atoms with Crippen molar-refractivity contribution >= 4 is 29.2 Å². The summed E-state index contributed by atoms with van der Waals surface area (Å²) >= 11 is 6.06. The predicted octanol–water partition coefficient (Wildman–Crippen LogP) is 4.02. The van der Waals surface area contributed by atoms with Crippen LogP contribution in [-0.4, -0.2) is 29.4 Å². The molecule has 0 aromatic heterocycles. The van der Waals surface area contributed by atoms with Gasteiger partial charge in [0.15, 0.2) is 0 Å². The van der Waals surface area contributed by atoms with Gasteiger partial charge in [-0.05, 0) is 49.8 Å². The number of nitrogens with zero attached hydrogens (tertiary/aromatic N) is 1. The van der Waals surface area contributed by atoms with Gasteiger partial charge in [-0.1, -0.05) is 30.9 Å². The van der Waals surface area contributed by atoms with Crippen LogP contribution in [0.15, 0.2) is 18.2 Å². The van der Waals surface area contributed by atoms with Crippen LogP contribution in [-0.2, 0) is 0 Å². The standard InChI is InChI=1S/C18H24ClN3O2/c19-15-11-13(8-9-14(15)17(20)23)21-18(24)22-10-4-3-6-12-5-1-2-7-16(12)22/h8-9,11-12,16H,1-7,10H2,(H2,20,23)(H,21,24). The third kappa shape index (κ3) is 3.66. The number of hydrogen-bond donors (Lipinski definition) is 2. The molecule has 1 heterocycles. The van der Waals surface area contributed by atoms with Gasteiger partial charge >= 0.3 is 6.03 Å². The molecule has 2 unspecified atom stereocenters. The third-order valence-electron chi connectivity index (χ3n) is 5.24. The minimum absolute atomic E-state index is 0.0725. The maximum atomic E-state index is 12.8. The van der Waals surface area contributed by atoms with Gasteiger partial charge in [0, 0.05) is 18.3 Å². The molecule has 0 spiro atoms. The van der Waals surface area contributed by atoms with E-state index < -0.39 is 5.91 Å². The van der Waals surface area contributed by atoms with Crippen LogP contribution in [0.5, 0.6) is 0 Å². The van der Waals surface area contributed by atoms with Crippen LogP contribution in [0, 0.1) is 5.92 Å². The Labute approximate surface area is 147 Å². The molecule has 1 aliphatic heterocycles. The smallest absolute Gasteiger partial charge is 0.322 e. The fourth-order valence-corrected chi connectivity index (χ4v) is 4.30. The van der Waals surface area contributed by atoms with Crippen molar-refractivity contribution in [3.63, 3.8) is 0 Å². The Morgan fingerprint density at radius 1 is 1.12 bits per heavy atom. The molecular weight excluding hydrogens is 326 g/mol. The summed E-state index contributed by atoms with van der Waals surface area (Å²) in [7, 11) is 0. The van der Waals surface area contributed by atoms with Crippen LogP contribution in [0.4, 0.5) is 10.5 Å². The van der Waals surface area contributed by atoms with Crippen molar-refractivity contribution in [3.8, 4) is 0 Å². The molecule has 0 radical (unpaired) electrons. The average Bonchev–Trinajstić information content (AvgIpc) is 2.77. The molecule has 1 aliphatic carbocycles. The van der Waals surface area contributed by atoms with E-state index in [1.165, 1.54) is 32.1 Å². The van der Waals surface area contributed by atoms with Crippen LogP contribution in [0.1, 0.15) is 55.3 Å². The predicted molar refractivity (Wildman–Crippen MR) is 95.3 cm³/mol. The normalized spacial score (nSPS) is 24.0. The Kier molecular flexibility index (Phi) is 5.29. The third-order valence-corrected chi connectivity index (χ3v) is 5.55. The number of urea groups is 1. The van der Waals surface area contributed by atoms with E-state index in [0.29, 0.717) is 17.6 Å². The molecule has 6 heteroatoms. The monoisotopic (exact) mass is 349 g/mol. The first kappa shape index (κ1) is 17.1. The minimum atomic E-state index is -0.574. The zero-order chi connectivity index (χ0) is 17.1. The summed E-state index contributed by atoms with van der Waals surface area (Å²) < 4.78 is 0. The number of likely N-dealkylation sites (tertiary alicyclic amines) is 1. The van der Waals surface area contributed by atoms with E-state index in [2.05, 4.69) is 5.32 Å². The van der Waals surface area contributed by atoms with Crippen LogP contribution in [0.3, 0.4) is 0 Å². The number of nitrogens with one attached hydrogen (secondary N) is 1. The fourth-order valence-electron chi connectivity index (χ4n) is 4.03. The molecule has 5 nitrogen and oxygen atoms in total. The van der Waals surface area contributed by atoms with Gasteiger partial charge in [-0.15, -0.1) is 0 Å². The Hall–Kier alpha value is -1.75. The Morgan fingerprint density at radius 2 is 1.83 bits per heavy atom. The van der Waals surface area contributed by atoms with Gasteiger partial charge in [-0.3, -0.25) is 4.79 Å². The van der Waals surface area contributed by atoms with Crippen molar-refractivity contribution in [1.82, 2.24) is 4.90 Å². The summed E-state index contributed by atoms with van der Waals surface area (Å²) in [5, 5.41) is 3.19. The number of amides is 3. The molecule has 1 aromatic carbocycles. The molecule has 1 aromatic rings. The van der Waals surface area contributed by atoms with Gasteiger partial charge in [0.2, 0.25) is 5.91 Å². The largest absolute Gasteiger partial charge is 0.366 e. The number of primary amides is 1. The number of benzene rings is 1. The lowest BCUT2D eigenvalue weighted by Crippen LogP contribution is -2.47. The van der Waals surface area contributed by atoms with Crippen LogP contribution >= 0.6 is 11.6 Å². The van der Waals surface area contributed by atoms with Crippen molar-refractivity contribution in [2.24, 2.45) is 11.7 Å². The number of hydrogen-bond acceptors (Lipinski definition) is 2. The highest BCUT2D eigenvalue weighted by Crippen LogP contribution is 2.35. The molecular formula is C18H24ClN3O2. The Morgan fingerprint density at radius 3 is 2.54 bits per heavy atom. The number of anilines is 1. The van der Waals surface area contributed by atoms with Crippen LogP contribution < -0.4 is 11.1 Å². The van der Waals surface area contributed by atoms with E-state index in [0.717, 1.165) is 19.4 Å². The summed E-state index contributed by atoms with van der Waals surface area (Å²) in [6.45, 7) is 0.806. The van der Waals surface area contributed by atoms with Gasteiger partial charge in [0.25, 0.3) is 0 Å². The lowest BCUT2D eigenvalue weighted by Gasteiger charge is -2.38. The molecule has 3 rings (SSSR count). The number of rotatable bonds is 2. The van der Waals surface area contributed by atoms with Gasteiger partial charge in [0.1, 0.15) is 0 Å². The van der Waals surface area contributed by atoms with Gasteiger partial charge in [-0.2, -0.15) is 0 Å². The number of halogens is 1. The first-order valence-corrected chi connectivity index (χ1v) is 9.11. The highest BCUT2D eigenvalue weighted by atomic mass is 35.5. The Balaban J connectivity index is 1.73. The van der Waals surface area contributed by atoms with Crippen molar-refractivity contribution < 1.29 is 9.59 Å². The number of fused-ring (bicyclic) bond motifs is 1. The number of carbonyl (C=O) groups excluding carboxylic acids is 2. The van der Waals surface area contributed by atoms with E-state index in [4.69, 9.17) is 17.3 Å². The maximum Gasteiger partial charge on any atom is 0.322 e. The summed E-state index contributed by atoms with van der Waals surface area (Å²) in [5.41, 5.74) is 6.10. The summed E-state index contributed by atoms with van der Waals surface area (Å²) in [6, 6.07) is 5.07. The molecule has 0 bridgehead atoms. The molecule has 2 aliphatic rings. The summed E-state index contributed by atoms with van der Waals surface area (Å²) in [6.07, 6.45) is 8.29. The first-order valence-electron chi connectivity index (χ1n) is 8.73. The fraction of sp³-hybridized carbons (Fsp3) is 0.556. The number of nitrogens with two attached hydrogens (primary N) is 1. The second-order valence-electron chi connectivity index (χ2n) is 6.79. The first-order chi connectivity index (χ1) is 11.6. The van der Waals surface area contributed by atoms with Crippen molar-refractivity contribution in [1.29, 1.82) is 0 Å². The molecule has 2 atom stereocenters. The highest BCUT2D eigenvalue weighted by Gasteiger charge is 2.34. The topological polar surface area (TPSA) is 75.4 Å². The summed E-state index contributed by atoms with van der Waals surface area (Å²) in [4.78, 5) is 26.0. The van der Waals surface area contributed by atoms with Gasteiger partial charge < -0.3 is 16.0 Å². The van der Waals surface area contributed by atoms with E-state index in [1.807, 2.05) is 4.90 Å². The maximum absolute atomic E-state index is 12.8. The second kappa shape index (κ2) is 7.43. The molecule has 3 amide bonds. The molecule has 1 saturated heterocycles. The Bertz CT molecular complexity index is 635. The average molecular weight is 350 g/mol. The highest BCUT2D eigenvalue weighted by molar-refractivity contribution is 6.34. The van der Waals surface area contributed by atoms with Crippen LogP contribution in [0.25, 0.3) is 0 Å². The molecule has 2 fully saturated rings. The van der Waals surface area contributed by atoms with E-state index in [1.54, 1.807) is 18.2 Å². The van der Waals surface area contributed by atoms with Crippen molar-refractivity contribution in [2.45, 2.75) is 51.0 Å². The zero-order valence-corrected chi connectivity index (χ0v) is 14.5. The lowest BCUT2D eigenvalue weighted by molar-refractivity contribution is 0.100. The van der Waals surface area contributed by atoms with E-state index >= 15 is 0 Å². The van der Waals surface area contributed by atoms with Crippen LogP contribution in [0.2, 0.25) is 5.02 Å². The quantitative estimate of drug-likeness (QED) is 0.846. The molecule has 1 saturated carbocycles. The molecule has 3 N–H and O–H groups in total. The molecule has 130 valence electrons. The van der Waals surface area contributed by atoms with E-state index in [9.17, 15) is 9.59 Å². The zero-order valence-electron chi connectivity index (χ0n) is 13.8. The molecule has 24 heavy (non-hydrogen) atoms. The van der Waals surface area contributed by atoms with Crippen molar-refractivity contribution in [3.05, 3.63) is 28.8 Å². The van der Waals surface area contributed by atoms with Gasteiger partial charge in [-0.25, -0.2) is 4.79 Å². The SMILES string of the molecule is NC(=O)c1ccc(NC(=O)N2CCCCC3CCCCC32)cc1Cl. The lowest BCUT2D eigenvalue weighted by atomic mass is 9.82.